The topological polar surface area (TPSA) is 61.7 Å². The van der Waals surface area contributed by atoms with Gasteiger partial charge in [-0.2, -0.15) is 0 Å². The Labute approximate surface area is 189 Å². The molecule has 2 fully saturated rings. The zero-order chi connectivity index (χ0) is 22.9. The van der Waals surface area contributed by atoms with Gasteiger partial charge in [0.05, 0.1) is 0 Å². The number of anilines is 1. The Hall–Kier alpha value is -2.28. The summed E-state index contributed by atoms with van der Waals surface area (Å²) >= 11 is -1.86. The Bertz CT molecular complexity index is 1060. The second-order valence-corrected chi connectivity index (χ2v) is 10.3. The van der Waals surface area contributed by atoms with E-state index < -0.39 is 32.2 Å². The summed E-state index contributed by atoms with van der Waals surface area (Å²) in [6.07, 6.45) is 1.18. The van der Waals surface area contributed by atoms with Crippen LogP contribution in [-0.2, 0) is 4.79 Å². The maximum absolute atomic E-state index is 14.5. The van der Waals surface area contributed by atoms with Crippen LogP contribution in [0.4, 0.5) is 23.4 Å². The third-order valence-corrected chi connectivity index (χ3v) is 7.17. The number of fused-ring (bicyclic) bond motifs is 1. The van der Waals surface area contributed by atoms with E-state index in [4.69, 9.17) is 0 Å². The number of carbonyl (C=O) groups is 1. The second-order valence-electron chi connectivity index (χ2n) is 8.05. The number of pyridine rings is 1. The number of rotatable bonds is 5. The van der Waals surface area contributed by atoms with Crippen molar-refractivity contribution in [3.63, 3.8) is 0 Å². The number of aromatic nitrogens is 2. The summed E-state index contributed by atoms with van der Waals surface area (Å²) in [5.74, 6) is 5.78. The van der Waals surface area contributed by atoms with Gasteiger partial charge in [-0.05, 0) is 0 Å². The number of piperidine rings is 1. The first-order valence-electron chi connectivity index (χ1n) is 10.3. The van der Waals surface area contributed by atoms with Gasteiger partial charge >= 0.3 is 189 Å². The number of halogens is 4. The van der Waals surface area contributed by atoms with Crippen molar-refractivity contribution in [1.29, 1.82) is 0 Å². The molecule has 2 unspecified atom stereocenters. The Morgan fingerprint density at radius 3 is 2.78 bits per heavy atom. The zero-order valence-electron chi connectivity index (χ0n) is 17.4. The summed E-state index contributed by atoms with van der Waals surface area (Å²) < 4.78 is 55.8. The van der Waals surface area contributed by atoms with Crippen molar-refractivity contribution >= 4 is 36.7 Å². The van der Waals surface area contributed by atoms with Crippen LogP contribution in [0.5, 0.6) is 0 Å². The van der Waals surface area contributed by atoms with E-state index in [-0.39, 0.29) is 28.5 Å². The van der Waals surface area contributed by atoms with Crippen LogP contribution in [0.1, 0.15) is 25.0 Å². The van der Waals surface area contributed by atoms with E-state index in [1.54, 1.807) is 18.2 Å². The van der Waals surface area contributed by atoms with Gasteiger partial charge in [0.1, 0.15) is 0 Å². The summed E-state index contributed by atoms with van der Waals surface area (Å²) in [4.78, 5) is 13.6. The molecule has 2 atom stereocenters. The Kier molecular flexibility index (Phi) is 6.65. The van der Waals surface area contributed by atoms with Crippen molar-refractivity contribution < 1.29 is 22.4 Å². The van der Waals surface area contributed by atoms with E-state index >= 15 is 0 Å². The van der Waals surface area contributed by atoms with Gasteiger partial charge in [0.2, 0.25) is 0 Å². The van der Waals surface area contributed by atoms with Crippen LogP contribution in [-0.4, -0.2) is 79.3 Å². The number of hydrogen-bond donors (Lipinski definition) is 2. The third kappa shape index (κ3) is 5.55. The second kappa shape index (κ2) is 9.30. The van der Waals surface area contributed by atoms with Crippen LogP contribution >= 0.6 is 0 Å². The molecular weight excluding hydrogens is 493 g/mol. The van der Waals surface area contributed by atoms with E-state index in [1.807, 2.05) is 11.9 Å². The van der Waals surface area contributed by atoms with Crippen molar-refractivity contribution in [2.45, 2.75) is 36.6 Å². The molecule has 6 nitrogen and oxygen atoms in total. The monoisotopic (exact) mass is 517 g/mol. The van der Waals surface area contributed by atoms with Crippen molar-refractivity contribution in [2.24, 2.45) is 5.92 Å². The Morgan fingerprint density at radius 1 is 1.31 bits per heavy atom. The van der Waals surface area contributed by atoms with Gasteiger partial charge in [-0.3, -0.25) is 0 Å². The van der Waals surface area contributed by atoms with E-state index in [1.165, 1.54) is 4.52 Å². The van der Waals surface area contributed by atoms with Crippen molar-refractivity contribution in [1.82, 2.24) is 19.8 Å². The molecule has 1 aliphatic carbocycles. The van der Waals surface area contributed by atoms with Crippen molar-refractivity contribution in [3.05, 3.63) is 23.9 Å². The summed E-state index contributed by atoms with van der Waals surface area (Å²) in [6.45, 7) is 1.06. The number of nitrogens with one attached hydrogen (secondary N) is 2. The van der Waals surface area contributed by atoms with Gasteiger partial charge in [-0.15, -0.1) is 0 Å². The minimum absolute atomic E-state index is 0.0230. The molecule has 11 heteroatoms. The molecule has 2 aliphatic rings. The molecule has 32 heavy (non-hydrogen) atoms. The first kappa shape index (κ1) is 22.9. The molecule has 2 aromatic rings. The number of alkyl halides is 4. The van der Waals surface area contributed by atoms with Gasteiger partial charge in [0.15, 0.2) is 0 Å². The van der Waals surface area contributed by atoms with Crippen LogP contribution in [0.3, 0.4) is 0 Å². The van der Waals surface area contributed by atoms with Crippen molar-refractivity contribution in [3.8, 4) is 11.8 Å². The standard InChI is InChI=1S/C21H23F4N5OSe/c1-29-11-9-15(14(22)12-29)27-18-6-2-5-17-19(32-21(23,24)25)16(28-30(17)18)4-3-10-26-20(31)13-7-8-13/h2,5-6,13-15,27H,7-12H2,1H3,(H,26,31). The average Bonchev–Trinajstić information content (AvgIpc) is 3.51. The molecule has 1 saturated carbocycles. The Balaban J connectivity index is 1.61. The number of carbonyl (C=O) groups excluding carboxylic acids is 1. The zero-order valence-corrected chi connectivity index (χ0v) is 19.1. The van der Waals surface area contributed by atoms with E-state index in [0.717, 1.165) is 19.4 Å². The molecule has 0 aromatic carbocycles. The quantitative estimate of drug-likeness (QED) is 0.360. The number of nitrogens with zero attached hydrogens (tertiary/aromatic N) is 3. The molecule has 2 N–H and O–H groups in total. The number of amides is 1. The fraction of sp³-hybridized carbons (Fsp3) is 0.524. The average molecular weight is 516 g/mol. The molecule has 0 bridgehead atoms. The molecule has 1 aliphatic heterocycles. The predicted molar refractivity (Wildman–Crippen MR) is 114 cm³/mol. The fourth-order valence-electron chi connectivity index (χ4n) is 3.61. The molecule has 2 aromatic heterocycles. The molecular formula is C21H23F4N5OSe. The number of likely N-dealkylation sites (tertiary alicyclic amines) is 1. The molecule has 0 spiro atoms. The minimum atomic E-state index is -4.38. The molecule has 1 saturated heterocycles. The van der Waals surface area contributed by atoms with E-state index in [9.17, 15) is 22.4 Å². The van der Waals surface area contributed by atoms with E-state index in [0.29, 0.717) is 24.3 Å². The SMILES string of the molecule is CN1CCC(Nc2cccc3c([Se]C(F)(F)F)c(C#CCNC(=O)C4CC4)nn23)C(F)C1. The molecule has 3 heterocycles. The van der Waals surface area contributed by atoms with Crippen molar-refractivity contribution in [2.75, 3.05) is 32.0 Å². The summed E-state index contributed by atoms with van der Waals surface area (Å²) in [5.41, 5.74) is 0.319. The van der Waals surface area contributed by atoms with Crippen LogP contribution in [0.2, 0.25) is 0 Å². The summed E-state index contributed by atoms with van der Waals surface area (Å²) in [5, 5.41) is 5.72. The first-order valence-corrected chi connectivity index (χ1v) is 12.1. The number of hydrogen-bond acceptors (Lipinski definition) is 4. The van der Waals surface area contributed by atoms with Gasteiger partial charge in [0.25, 0.3) is 0 Å². The molecule has 172 valence electrons. The van der Waals surface area contributed by atoms with Crippen LogP contribution in [0.15, 0.2) is 18.2 Å². The van der Waals surface area contributed by atoms with Crippen LogP contribution < -0.4 is 15.1 Å². The predicted octanol–water partition coefficient (Wildman–Crippen LogP) is 1.52. The normalized spacial score (nSPS) is 21.8. The summed E-state index contributed by atoms with van der Waals surface area (Å²) in [6, 6.07) is 4.40. The van der Waals surface area contributed by atoms with Gasteiger partial charge < -0.3 is 0 Å². The van der Waals surface area contributed by atoms with Crippen LogP contribution in [0.25, 0.3) is 5.52 Å². The molecule has 4 rings (SSSR count). The summed E-state index contributed by atoms with van der Waals surface area (Å²) in [7, 11) is 1.85. The van der Waals surface area contributed by atoms with Gasteiger partial charge in [-0.1, -0.05) is 0 Å². The third-order valence-electron chi connectivity index (χ3n) is 5.41. The molecule has 0 radical (unpaired) electrons. The molecule has 1 amide bonds. The van der Waals surface area contributed by atoms with E-state index in [2.05, 4.69) is 27.6 Å². The first-order chi connectivity index (χ1) is 15.2. The fourth-order valence-corrected chi connectivity index (χ4v) is 5.04. The van der Waals surface area contributed by atoms with Crippen LogP contribution in [0, 0.1) is 17.8 Å². The Morgan fingerprint density at radius 2 is 2.09 bits per heavy atom. The van der Waals surface area contributed by atoms with Gasteiger partial charge in [0, 0.05) is 0 Å². The maximum atomic E-state index is 14.5. The van der Waals surface area contributed by atoms with Gasteiger partial charge in [-0.25, -0.2) is 0 Å².